The third kappa shape index (κ3) is 2.68. The molecule has 0 saturated carbocycles. The first-order valence-corrected chi connectivity index (χ1v) is 5.54. The first kappa shape index (κ1) is 12.6. The molecule has 0 aliphatic carbocycles. The third-order valence-corrected chi connectivity index (χ3v) is 2.46. The second kappa shape index (κ2) is 5.18. The Kier molecular flexibility index (Phi) is 3.62. The van der Waals surface area contributed by atoms with E-state index in [1.165, 1.54) is 6.07 Å². The van der Waals surface area contributed by atoms with Crippen LogP contribution in [0.4, 0.5) is 14.5 Å². The van der Waals surface area contributed by atoms with Gasteiger partial charge in [0.1, 0.15) is 17.4 Å². The number of alkyl halides is 1. The fourth-order valence-corrected chi connectivity index (χ4v) is 1.49. The minimum Gasteiger partial charge on any atom is -0.455 e. The van der Waals surface area contributed by atoms with Crippen LogP contribution in [0.2, 0.25) is 0 Å². The highest BCUT2D eigenvalue weighted by Crippen LogP contribution is 2.17. The zero-order chi connectivity index (χ0) is 13.1. The van der Waals surface area contributed by atoms with E-state index in [0.29, 0.717) is 11.8 Å². The summed E-state index contributed by atoms with van der Waals surface area (Å²) in [6, 6.07) is 5.83. The van der Waals surface area contributed by atoms with Crippen LogP contribution < -0.4 is 5.32 Å². The molecule has 1 aromatic carbocycles. The lowest BCUT2D eigenvalue weighted by Gasteiger charge is -2.04. The monoisotopic (exact) mass is 271 g/mol. The van der Waals surface area contributed by atoms with Gasteiger partial charge in [-0.1, -0.05) is 0 Å². The zero-order valence-corrected chi connectivity index (χ0v) is 9.80. The number of carbonyl (C=O) groups excluding carboxylic acids is 1. The Balaban J connectivity index is 2.16. The fraction of sp³-hybridized carbons (Fsp3) is 0.0833. The van der Waals surface area contributed by atoms with Crippen LogP contribution >= 0.6 is 11.6 Å². The van der Waals surface area contributed by atoms with E-state index in [-0.39, 0.29) is 17.3 Å². The minimum absolute atomic E-state index is 0.00868. The van der Waals surface area contributed by atoms with Gasteiger partial charge in [0.2, 0.25) is 0 Å². The van der Waals surface area contributed by atoms with Gasteiger partial charge in [0.15, 0.2) is 5.76 Å². The summed E-state index contributed by atoms with van der Waals surface area (Å²) in [4.78, 5) is 11.7. The summed E-state index contributed by atoms with van der Waals surface area (Å²) < 4.78 is 31.1. The molecule has 0 bridgehead atoms. The third-order valence-electron chi connectivity index (χ3n) is 2.20. The molecule has 0 spiro atoms. The molecule has 2 rings (SSSR count). The van der Waals surface area contributed by atoms with Crippen molar-refractivity contribution in [1.82, 2.24) is 0 Å². The molecule has 3 nitrogen and oxygen atoms in total. The molecule has 94 valence electrons. The Hall–Kier alpha value is -1.88. The van der Waals surface area contributed by atoms with E-state index in [1.807, 2.05) is 0 Å². The van der Waals surface area contributed by atoms with Crippen LogP contribution in [-0.4, -0.2) is 5.91 Å². The van der Waals surface area contributed by atoms with Gasteiger partial charge in [0.05, 0.1) is 11.6 Å². The molecule has 1 N–H and O–H groups in total. The quantitative estimate of drug-likeness (QED) is 0.868. The number of furan rings is 1. The second-order valence-corrected chi connectivity index (χ2v) is 3.75. The van der Waals surface area contributed by atoms with Gasteiger partial charge in [-0.05, 0) is 24.3 Å². The Bertz CT molecular complexity index is 583. The zero-order valence-electron chi connectivity index (χ0n) is 9.04. The second-order valence-electron chi connectivity index (χ2n) is 3.48. The van der Waals surface area contributed by atoms with E-state index in [4.69, 9.17) is 16.0 Å². The smallest absolute Gasteiger partial charge is 0.291 e. The molecule has 0 radical (unpaired) electrons. The maximum Gasteiger partial charge on any atom is 0.291 e. The summed E-state index contributed by atoms with van der Waals surface area (Å²) in [5, 5.41) is 2.27. The topological polar surface area (TPSA) is 42.2 Å². The molecule has 1 amide bonds. The fourth-order valence-electron chi connectivity index (χ4n) is 1.35. The lowest BCUT2D eigenvalue weighted by Crippen LogP contribution is -2.12. The van der Waals surface area contributed by atoms with Crippen LogP contribution in [0, 0.1) is 11.6 Å². The molecular weight excluding hydrogens is 264 g/mol. The predicted molar refractivity (Wildman–Crippen MR) is 62.6 cm³/mol. The molecule has 0 atom stereocenters. The number of carbonyl (C=O) groups is 1. The summed E-state index contributed by atoms with van der Waals surface area (Å²) in [7, 11) is 0. The molecule has 1 heterocycles. The molecule has 0 aliphatic rings. The maximum absolute atomic E-state index is 13.3. The summed E-state index contributed by atoms with van der Waals surface area (Å²) in [5.74, 6) is -1.62. The number of hydrogen-bond acceptors (Lipinski definition) is 2. The first-order chi connectivity index (χ1) is 8.60. The lowest BCUT2D eigenvalue weighted by molar-refractivity contribution is 0.0995. The van der Waals surface area contributed by atoms with Crippen LogP contribution in [0.1, 0.15) is 16.3 Å². The van der Waals surface area contributed by atoms with Crippen LogP contribution in [-0.2, 0) is 5.88 Å². The summed E-state index contributed by atoms with van der Waals surface area (Å²) in [6.07, 6.45) is 0. The van der Waals surface area contributed by atoms with E-state index in [9.17, 15) is 13.6 Å². The lowest BCUT2D eigenvalue weighted by atomic mass is 10.3. The van der Waals surface area contributed by atoms with Gasteiger partial charge in [0, 0.05) is 6.07 Å². The number of amides is 1. The van der Waals surface area contributed by atoms with Crippen LogP contribution in [0.25, 0.3) is 0 Å². The highest BCUT2D eigenvalue weighted by molar-refractivity contribution is 6.16. The highest BCUT2D eigenvalue weighted by Gasteiger charge is 2.13. The SMILES string of the molecule is O=C(Nc1ccc(F)cc1F)c1ccc(CCl)o1. The summed E-state index contributed by atoms with van der Waals surface area (Å²) in [6.45, 7) is 0. The average Bonchev–Trinajstić information content (AvgIpc) is 2.81. The average molecular weight is 272 g/mol. The van der Waals surface area contributed by atoms with Gasteiger partial charge >= 0.3 is 0 Å². The molecule has 0 aliphatic heterocycles. The van der Waals surface area contributed by atoms with Gasteiger partial charge in [0.25, 0.3) is 5.91 Å². The predicted octanol–water partition coefficient (Wildman–Crippen LogP) is 3.55. The first-order valence-electron chi connectivity index (χ1n) is 5.01. The normalized spacial score (nSPS) is 10.4. The van der Waals surface area contributed by atoms with E-state index in [0.717, 1.165) is 12.1 Å². The van der Waals surface area contributed by atoms with Gasteiger partial charge in [-0.15, -0.1) is 11.6 Å². The Morgan fingerprint density at radius 3 is 2.67 bits per heavy atom. The number of halogens is 3. The van der Waals surface area contributed by atoms with Crippen molar-refractivity contribution in [3.63, 3.8) is 0 Å². The van der Waals surface area contributed by atoms with Crippen molar-refractivity contribution >= 4 is 23.2 Å². The molecule has 1 aromatic heterocycles. The van der Waals surface area contributed by atoms with Crippen LogP contribution in [0.3, 0.4) is 0 Å². The van der Waals surface area contributed by atoms with E-state index in [1.54, 1.807) is 6.07 Å². The van der Waals surface area contributed by atoms with Crippen LogP contribution in [0.5, 0.6) is 0 Å². The van der Waals surface area contributed by atoms with Gasteiger partial charge in [-0.25, -0.2) is 8.78 Å². The van der Waals surface area contributed by atoms with E-state index < -0.39 is 17.5 Å². The van der Waals surface area contributed by atoms with Gasteiger partial charge in [-0.3, -0.25) is 4.79 Å². The summed E-state index contributed by atoms with van der Waals surface area (Å²) in [5.41, 5.74) is -0.120. The summed E-state index contributed by atoms with van der Waals surface area (Å²) >= 11 is 5.52. The van der Waals surface area contributed by atoms with E-state index >= 15 is 0 Å². The van der Waals surface area contributed by atoms with Crippen molar-refractivity contribution in [2.45, 2.75) is 5.88 Å². The van der Waals surface area contributed by atoms with Crippen molar-refractivity contribution in [3.8, 4) is 0 Å². The minimum atomic E-state index is -0.854. The van der Waals surface area contributed by atoms with Crippen molar-refractivity contribution in [2.75, 3.05) is 5.32 Å². The van der Waals surface area contributed by atoms with Gasteiger partial charge < -0.3 is 9.73 Å². The Morgan fingerprint density at radius 1 is 1.28 bits per heavy atom. The molecule has 0 saturated heterocycles. The van der Waals surface area contributed by atoms with E-state index in [2.05, 4.69) is 5.32 Å². The van der Waals surface area contributed by atoms with Gasteiger partial charge in [-0.2, -0.15) is 0 Å². The van der Waals surface area contributed by atoms with Crippen molar-refractivity contribution in [1.29, 1.82) is 0 Å². The molecule has 18 heavy (non-hydrogen) atoms. The molecule has 6 heteroatoms. The number of benzene rings is 1. The van der Waals surface area contributed by atoms with Crippen molar-refractivity contribution < 1.29 is 18.0 Å². The number of hydrogen-bond donors (Lipinski definition) is 1. The highest BCUT2D eigenvalue weighted by atomic mass is 35.5. The molecule has 0 fully saturated rings. The van der Waals surface area contributed by atoms with Crippen molar-refractivity contribution in [3.05, 3.63) is 53.5 Å². The Labute approximate surface area is 106 Å². The molecular formula is C12H8ClF2NO2. The standard InChI is InChI=1S/C12H8ClF2NO2/c13-6-8-2-4-11(18-8)12(17)16-10-3-1-7(14)5-9(10)15/h1-5H,6H2,(H,16,17). The number of rotatable bonds is 3. The van der Waals surface area contributed by atoms with Crippen LogP contribution in [0.15, 0.2) is 34.7 Å². The molecule has 2 aromatic rings. The Morgan fingerprint density at radius 2 is 2.06 bits per heavy atom. The number of nitrogens with one attached hydrogen (secondary N) is 1. The molecule has 0 unspecified atom stereocenters. The largest absolute Gasteiger partial charge is 0.455 e. The van der Waals surface area contributed by atoms with Crippen molar-refractivity contribution in [2.24, 2.45) is 0 Å². The number of anilines is 1. The maximum atomic E-state index is 13.3.